The van der Waals surface area contributed by atoms with Crippen molar-refractivity contribution in [3.8, 4) is 23.0 Å². The summed E-state index contributed by atoms with van der Waals surface area (Å²) in [7, 11) is 0. The first-order chi connectivity index (χ1) is 15.3. The van der Waals surface area contributed by atoms with Crippen molar-refractivity contribution < 1.29 is 18.3 Å². The average Bonchev–Trinajstić information content (AvgIpc) is 3.53. The van der Waals surface area contributed by atoms with Crippen molar-refractivity contribution in [3.63, 3.8) is 0 Å². The molecule has 0 N–H and O–H groups in total. The highest BCUT2D eigenvalue weighted by Crippen LogP contribution is 2.52. The Hall–Kier alpha value is -4.19. The van der Waals surface area contributed by atoms with Crippen molar-refractivity contribution in [3.05, 3.63) is 78.5 Å². The van der Waals surface area contributed by atoms with E-state index < -0.39 is 5.79 Å². The van der Waals surface area contributed by atoms with Gasteiger partial charge in [-0.25, -0.2) is 0 Å². The average molecular weight is 402 g/mol. The van der Waals surface area contributed by atoms with Gasteiger partial charge in [-0.05, 0) is 37.3 Å². The number of benzene rings is 2. The van der Waals surface area contributed by atoms with Gasteiger partial charge in [-0.2, -0.15) is 5.10 Å². The van der Waals surface area contributed by atoms with E-state index in [-0.39, 0.29) is 0 Å². The maximum Gasteiger partial charge on any atom is 0.504 e. The van der Waals surface area contributed by atoms with Crippen LogP contribution in [0.3, 0.4) is 0 Å². The molecule has 6 heteroatoms. The zero-order valence-corrected chi connectivity index (χ0v) is 16.5. The van der Waals surface area contributed by atoms with Crippen LogP contribution in [0.2, 0.25) is 0 Å². The van der Waals surface area contributed by atoms with E-state index in [1.165, 1.54) is 21.7 Å². The number of pyridine rings is 2. The van der Waals surface area contributed by atoms with E-state index in [0.717, 1.165) is 45.0 Å². The molecule has 2 aromatic carbocycles. The van der Waals surface area contributed by atoms with Gasteiger partial charge in [-0.3, -0.25) is 0 Å². The van der Waals surface area contributed by atoms with Crippen LogP contribution in [0.1, 0.15) is 11.3 Å². The summed E-state index contributed by atoms with van der Waals surface area (Å²) in [4.78, 5) is 0. The number of hydrogen-bond donors (Lipinski definition) is 0. The van der Waals surface area contributed by atoms with Gasteiger partial charge in [0.15, 0.2) is 17.5 Å². The number of aromatic nitrogens is 4. The van der Waals surface area contributed by atoms with Crippen LogP contribution >= 0.6 is 0 Å². The number of nitrogens with zero attached hydrogens (tertiary/aromatic N) is 4. The Bertz CT molecular complexity index is 1840. The van der Waals surface area contributed by atoms with E-state index in [1.807, 2.05) is 18.6 Å². The molecule has 6 nitrogen and oxygen atoms in total. The molecular formula is C25H14N4O2+2. The standard InChI is InChI=1S/C25H14N4O2/c1-13-10-19-18-5-2-6-21-28(18)25(29(19)26-13)23-20(31-21)8-7-14-16-11-30-12-17(16)15-4-3-9-27(25)24(15)22(14)23/h2-12H,1H3/q+2. The minimum atomic E-state index is -0.666. The Morgan fingerprint density at radius 1 is 0.968 bits per heavy atom. The van der Waals surface area contributed by atoms with Crippen LogP contribution in [-0.2, 0) is 5.79 Å². The van der Waals surface area contributed by atoms with Gasteiger partial charge in [0.25, 0.3) is 0 Å². The number of ether oxygens (including phenoxy) is 1. The number of rotatable bonds is 0. The zero-order chi connectivity index (χ0) is 20.1. The molecule has 1 atom stereocenters. The molecule has 6 aromatic rings. The lowest BCUT2D eigenvalue weighted by Gasteiger charge is -2.23. The third-order valence-electron chi connectivity index (χ3n) is 7.18. The van der Waals surface area contributed by atoms with E-state index in [1.54, 1.807) is 0 Å². The molecule has 3 aliphatic rings. The van der Waals surface area contributed by atoms with E-state index >= 15 is 0 Å². The van der Waals surface area contributed by atoms with Gasteiger partial charge in [0.1, 0.15) is 5.69 Å². The molecule has 3 aliphatic heterocycles. The second-order valence-corrected chi connectivity index (χ2v) is 8.61. The summed E-state index contributed by atoms with van der Waals surface area (Å²) in [5.74, 6) is 1.03. The predicted octanol–water partition coefficient (Wildman–Crippen LogP) is 3.97. The lowest BCUT2D eigenvalue weighted by atomic mass is 9.95. The summed E-state index contributed by atoms with van der Waals surface area (Å²) in [5, 5.41) is 10.8. The highest BCUT2D eigenvalue weighted by atomic mass is 16.5. The molecule has 0 saturated heterocycles. The molecule has 0 bridgehead atoms. The van der Waals surface area contributed by atoms with E-state index in [4.69, 9.17) is 14.3 Å². The fourth-order valence-electron chi connectivity index (χ4n) is 6.19. The van der Waals surface area contributed by atoms with Gasteiger partial charge in [0.05, 0.1) is 35.1 Å². The Morgan fingerprint density at radius 2 is 1.87 bits per heavy atom. The maximum atomic E-state index is 6.49. The maximum absolute atomic E-state index is 6.49. The topological polar surface area (TPSA) is 48.0 Å². The van der Waals surface area contributed by atoms with Crippen molar-refractivity contribution >= 4 is 32.4 Å². The molecule has 0 saturated carbocycles. The fraction of sp³-hybridized carbons (Fsp3) is 0.0800. The smallest absolute Gasteiger partial charge is 0.471 e. The van der Waals surface area contributed by atoms with Crippen LogP contribution in [0.4, 0.5) is 0 Å². The quantitative estimate of drug-likeness (QED) is 0.285. The van der Waals surface area contributed by atoms with Crippen LogP contribution in [0, 0.1) is 6.92 Å². The van der Waals surface area contributed by atoms with Crippen molar-refractivity contribution in [2.24, 2.45) is 0 Å². The van der Waals surface area contributed by atoms with Crippen molar-refractivity contribution in [1.82, 2.24) is 9.78 Å². The number of furan rings is 1. The molecule has 1 spiro atoms. The van der Waals surface area contributed by atoms with E-state index in [9.17, 15) is 0 Å². The van der Waals surface area contributed by atoms with Crippen LogP contribution in [0.15, 0.2) is 71.7 Å². The van der Waals surface area contributed by atoms with Crippen LogP contribution in [-0.4, -0.2) is 9.78 Å². The lowest BCUT2D eigenvalue weighted by Crippen LogP contribution is -2.75. The van der Waals surface area contributed by atoms with Crippen LogP contribution in [0.5, 0.6) is 11.6 Å². The molecule has 0 aliphatic carbocycles. The molecular weight excluding hydrogens is 388 g/mol. The minimum absolute atomic E-state index is 0.666. The number of hydrogen-bond acceptors (Lipinski definition) is 3. The second kappa shape index (κ2) is 4.30. The first-order valence-electron chi connectivity index (χ1n) is 10.4. The molecule has 0 fully saturated rings. The molecule has 7 heterocycles. The predicted molar refractivity (Wildman–Crippen MR) is 112 cm³/mol. The Kier molecular flexibility index (Phi) is 2.04. The second-order valence-electron chi connectivity index (χ2n) is 8.61. The monoisotopic (exact) mass is 402 g/mol. The normalized spacial score (nSPS) is 18.9. The fourth-order valence-corrected chi connectivity index (χ4v) is 6.19. The molecule has 0 amide bonds. The third-order valence-corrected chi connectivity index (χ3v) is 7.18. The highest BCUT2D eigenvalue weighted by Gasteiger charge is 2.71. The lowest BCUT2D eigenvalue weighted by molar-refractivity contribution is -0.969. The molecule has 4 aromatic heterocycles. The molecule has 0 radical (unpaired) electrons. The zero-order valence-electron chi connectivity index (χ0n) is 16.5. The largest absolute Gasteiger partial charge is 0.504 e. The number of fused-ring (bicyclic) bond motifs is 5. The minimum Gasteiger partial charge on any atom is -0.471 e. The van der Waals surface area contributed by atoms with Crippen molar-refractivity contribution in [1.29, 1.82) is 0 Å². The summed E-state index contributed by atoms with van der Waals surface area (Å²) in [6.45, 7) is 2.06. The van der Waals surface area contributed by atoms with E-state index in [2.05, 4.69) is 69.4 Å². The van der Waals surface area contributed by atoms with Gasteiger partial charge < -0.3 is 9.15 Å². The highest BCUT2D eigenvalue weighted by molar-refractivity contribution is 6.25. The van der Waals surface area contributed by atoms with Crippen molar-refractivity contribution in [2.75, 3.05) is 0 Å². The first-order valence-corrected chi connectivity index (χ1v) is 10.4. The molecule has 9 rings (SSSR count). The summed E-state index contributed by atoms with van der Waals surface area (Å²) in [5.41, 5.74) is 5.52. The van der Waals surface area contributed by atoms with Crippen LogP contribution < -0.4 is 13.9 Å². The van der Waals surface area contributed by atoms with Gasteiger partial charge in [-0.1, -0.05) is 4.57 Å². The third kappa shape index (κ3) is 1.28. The summed E-state index contributed by atoms with van der Waals surface area (Å²) in [6, 6.07) is 17.0. The summed E-state index contributed by atoms with van der Waals surface area (Å²) in [6.07, 6.45) is 5.88. The van der Waals surface area contributed by atoms with Crippen molar-refractivity contribution in [2.45, 2.75) is 12.7 Å². The molecule has 144 valence electrons. The Balaban J connectivity index is 1.66. The van der Waals surface area contributed by atoms with E-state index in [0.29, 0.717) is 0 Å². The Morgan fingerprint density at radius 3 is 2.81 bits per heavy atom. The first kappa shape index (κ1) is 14.7. The van der Waals surface area contributed by atoms with Gasteiger partial charge in [0.2, 0.25) is 11.2 Å². The summed E-state index contributed by atoms with van der Waals surface area (Å²) >= 11 is 0. The summed E-state index contributed by atoms with van der Waals surface area (Å²) < 4.78 is 19.0. The SMILES string of the molecule is Cc1cc2n(n1)C13c4c(ccc5c6cocc6c6ccc[n+]1c6c45)Oc1cccc-2[n+]13. The number of aryl methyl sites for hydroxylation is 1. The van der Waals surface area contributed by atoms with Gasteiger partial charge >= 0.3 is 11.7 Å². The van der Waals surface area contributed by atoms with Gasteiger partial charge in [0, 0.05) is 28.3 Å². The molecule has 31 heavy (non-hydrogen) atoms. The molecule has 1 unspecified atom stereocenters. The van der Waals surface area contributed by atoms with Gasteiger partial charge in [-0.15, -0.1) is 9.25 Å². The Labute approximate surface area is 175 Å². The van der Waals surface area contributed by atoms with Crippen LogP contribution in [0.25, 0.3) is 43.8 Å².